The Balaban J connectivity index is 1.67. The number of hydrogen-bond acceptors (Lipinski definition) is 4. The van der Waals surface area contributed by atoms with Crippen molar-refractivity contribution in [1.29, 1.82) is 0 Å². The van der Waals surface area contributed by atoms with Crippen molar-refractivity contribution in [2.24, 2.45) is 5.73 Å². The van der Waals surface area contributed by atoms with Gasteiger partial charge in [0.05, 0.1) is 11.4 Å². The smallest absolute Gasteiger partial charge is 0.254 e. The minimum Gasteiger partial charge on any atom is -0.368 e. The molecule has 2 N–H and O–H groups in total. The van der Waals surface area contributed by atoms with E-state index in [-0.39, 0.29) is 18.2 Å². The second-order valence-electron chi connectivity index (χ2n) is 7.12. The van der Waals surface area contributed by atoms with Crippen LogP contribution in [0.5, 0.6) is 0 Å². The molecule has 1 fully saturated rings. The lowest BCUT2D eigenvalue weighted by Gasteiger charge is -2.35. The molecule has 146 valence electrons. The second-order valence-corrected chi connectivity index (χ2v) is 9.13. The lowest BCUT2D eigenvalue weighted by atomic mass is 9.93. The molecule has 4 rings (SSSR count). The number of anilines is 1. The number of primary amides is 1. The van der Waals surface area contributed by atoms with Crippen molar-refractivity contribution in [3.63, 3.8) is 0 Å². The Hall–Kier alpha value is -2.87. The van der Waals surface area contributed by atoms with E-state index in [1.165, 1.54) is 9.21 Å². The number of carbonyl (C=O) groups excluding carboxylic acids is 2. The topological polar surface area (TPSA) is 101 Å². The van der Waals surface area contributed by atoms with Crippen molar-refractivity contribution < 1.29 is 18.0 Å². The third-order valence-electron chi connectivity index (χ3n) is 5.32. The highest BCUT2D eigenvalue weighted by molar-refractivity contribution is 7.93. The lowest BCUT2D eigenvalue weighted by molar-refractivity contribution is -0.122. The van der Waals surface area contributed by atoms with Gasteiger partial charge in [-0.15, -0.1) is 0 Å². The fraction of sp³-hybridized carbons (Fsp3) is 0.300. The average molecular weight is 399 g/mol. The van der Waals surface area contributed by atoms with Gasteiger partial charge in [0.1, 0.15) is 6.04 Å². The summed E-state index contributed by atoms with van der Waals surface area (Å²) in [5, 5.41) is 0. The minimum atomic E-state index is -3.34. The van der Waals surface area contributed by atoms with Crippen LogP contribution in [0.2, 0.25) is 0 Å². The van der Waals surface area contributed by atoms with Crippen molar-refractivity contribution in [3.05, 3.63) is 65.2 Å². The zero-order valence-corrected chi connectivity index (χ0v) is 16.1. The second kappa shape index (κ2) is 6.94. The van der Waals surface area contributed by atoms with Gasteiger partial charge in [0.25, 0.3) is 5.91 Å². The summed E-state index contributed by atoms with van der Waals surface area (Å²) in [6, 6.07) is 13.5. The van der Waals surface area contributed by atoms with Crippen molar-refractivity contribution >= 4 is 27.5 Å². The first-order valence-electron chi connectivity index (χ1n) is 9.14. The van der Waals surface area contributed by atoms with Crippen molar-refractivity contribution in [1.82, 2.24) is 4.90 Å². The van der Waals surface area contributed by atoms with E-state index < -0.39 is 22.0 Å². The summed E-state index contributed by atoms with van der Waals surface area (Å²) < 4.78 is 25.7. The number of rotatable bonds is 3. The van der Waals surface area contributed by atoms with Crippen LogP contribution in [0.1, 0.15) is 27.9 Å². The number of benzene rings is 2. The molecule has 1 unspecified atom stereocenters. The summed E-state index contributed by atoms with van der Waals surface area (Å²) in [4.78, 5) is 26.7. The Kier molecular flexibility index (Phi) is 4.58. The summed E-state index contributed by atoms with van der Waals surface area (Å²) in [6.07, 6.45) is 0.935. The molecule has 1 atom stereocenters. The maximum atomic E-state index is 13.2. The molecule has 2 heterocycles. The van der Waals surface area contributed by atoms with Gasteiger partial charge < -0.3 is 10.6 Å². The van der Waals surface area contributed by atoms with E-state index in [9.17, 15) is 18.0 Å². The molecule has 2 amide bonds. The van der Waals surface area contributed by atoms with Crippen LogP contribution in [0.15, 0.2) is 48.5 Å². The summed E-state index contributed by atoms with van der Waals surface area (Å²) in [5.41, 5.74) is 8.37. The van der Waals surface area contributed by atoms with Gasteiger partial charge in [-0.05, 0) is 35.7 Å². The summed E-state index contributed by atoms with van der Waals surface area (Å²) in [5.74, 6) is -0.782. The van der Waals surface area contributed by atoms with Gasteiger partial charge in [0.15, 0.2) is 0 Å². The van der Waals surface area contributed by atoms with E-state index in [0.29, 0.717) is 30.6 Å². The van der Waals surface area contributed by atoms with Crippen LogP contribution in [-0.2, 0) is 27.8 Å². The third kappa shape index (κ3) is 3.24. The predicted molar refractivity (Wildman–Crippen MR) is 105 cm³/mol. The molecule has 0 radical (unpaired) electrons. The molecule has 0 aromatic heterocycles. The van der Waals surface area contributed by atoms with Gasteiger partial charge >= 0.3 is 0 Å². The predicted octanol–water partition coefficient (Wildman–Crippen LogP) is 1.28. The maximum absolute atomic E-state index is 13.2. The third-order valence-corrected chi connectivity index (χ3v) is 7.19. The zero-order chi connectivity index (χ0) is 19.9. The van der Waals surface area contributed by atoms with Gasteiger partial charge in [0.2, 0.25) is 15.9 Å². The molecule has 0 bridgehead atoms. The fourth-order valence-corrected chi connectivity index (χ4v) is 5.44. The van der Waals surface area contributed by atoms with E-state index in [1.807, 2.05) is 24.3 Å². The highest BCUT2D eigenvalue weighted by Crippen LogP contribution is 2.28. The Morgan fingerprint density at radius 1 is 1.04 bits per heavy atom. The monoisotopic (exact) mass is 399 g/mol. The Labute approximate surface area is 163 Å². The summed E-state index contributed by atoms with van der Waals surface area (Å²) in [6.45, 7) is 0.690. The molecular formula is C20H21N3O4S. The summed E-state index contributed by atoms with van der Waals surface area (Å²) in [7, 11) is -3.34. The van der Waals surface area contributed by atoms with Crippen molar-refractivity contribution in [2.75, 3.05) is 16.6 Å². The zero-order valence-electron chi connectivity index (χ0n) is 15.2. The number of hydrogen-bond donors (Lipinski definition) is 1. The first-order chi connectivity index (χ1) is 13.4. The van der Waals surface area contributed by atoms with E-state index in [2.05, 4.69) is 0 Å². The largest absolute Gasteiger partial charge is 0.368 e. The van der Waals surface area contributed by atoms with Gasteiger partial charge in [-0.3, -0.25) is 13.9 Å². The van der Waals surface area contributed by atoms with Gasteiger partial charge in [-0.1, -0.05) is 30.3 Å². The summed E-state index contributed by atoms with van der Waals surface area (Å²) >= 11 is 0. The van der Waals surface area contributed by atoms with Crippen LogP contribution in [0, 0.1) is 0 Å². The van der Waals surface area contributed by atoms with Crippen LogP contribution in [-0.4, -0.2) is 43.5 Å². The number of amides is 2. The van der Waals surface area contributed by atoms with Crippen molar-refractivity contribution in [2.45, 2.75) is 25.4 Å². The average Bonchev–Trinajstić information content (AvgIpc) is 3.05. The molecule has 2 aromatic rings. The number of nitrogens with zero attached hydrogens (tertiary/aromatic N) is 2. The highest BCUT2D eigenvalue weighted by atomic mass is 32.2. The quantitative estimate of drug-likeness (QED) is 0.840. The SMILES string of the molecule is NC(=O)C1Cc2ccccc2CN1C(=O)c1cccc(N2CCCS2(=O)=O)c1. The first kappa shape index (κ1) is 18.5. The van der Waals surface area contributed by atoms with Gasteiger partial charge in [-0.2, -0.15) is 0 Å². The first-order valence-corrected chi connectivity index (χ1v) is 10.8. The van der Waals surface area contributed by atoms with Crippen LogP contribution in [0.4, 0.5) is 5.69 Å². The molecule has 2 aliphatic rings. The molecular weight excluding hydrogens is 378 g/mol. The number of nitrogens with two attached hydrogens (primary N) is 1. The van der Waals surface area contributed by atoms with E-state index in [0.717, 1.165) is 11.1 Å². The van der Waals surface area contributed by atoms with Crippen LogP contribution in [0.3, 0.4) is 0 Å². The minimum absolute atomic E-state index is 0.109. The Bertz CT molecular complexity index is 1050. The molecule has 7 nitrogen and oxygen atoms in total. The number of fused-ring (bicyclic) bond motifs is 1. The molecule has 2 aromatic carbocycles. The van der Waals surface area contributed by atoms with E-state index in [1.54, 1.807) is 24.3 Å². The molecule has 2 aliphatic heterocycles. The molecule has 1 saturated heterocycles. The number of sulfonamides is 1. The van der Waals surface area contributed by atoms with Gasteiger partial charge in [0, 0.05) is 25.1 Å². The molecule has 8 heteroatoms. The lowest BCUT2D eigenvalue weighted by Crippen LogP contribution is -2.51. The Morgan fingerprint density at radius 2 is 1.79 bits per heavy atom. The van der Waals surface area contributed by atoms with Crippen LogP contribution in [0.25, 0.3) is 0 Å². The molecule has 0 spiro atoms. The van der Waals surface area contributed by atoms with Crippen molar-refractivity contribution in [3.8, 4) is 0 Å². The van der Waals surface area contributed by atoms with E-state index >= 15 is 0 Å². The normalized spacial score (nSPS) is 20.6. The molecule has 28 heavy (non-hydrogen) atoms. The van der Waals surface area contributed by atoms with E-state index in [4.69, 9.17) is 5.73 Å². The maximum Gasteiger partial charge on any atom is 0.254 e. The molecule has 0 aliphatic carbocycles. The Morgan fingerprint density at radius 3 is 2.46 bits per heavy atom. The highest BCUT2D eigenvalue weighted by Gasteiger charge is 2.34. The van der Waals surface area contributed by atoms with Crippen LogP contribution < -0.4 is 10.0 Å². The van der Waals surface area contributed by atoms with Gasteiger partial charge in [-0.25, -0.2) is 8.42 Å². The fourth-order valence-electron chi connectivity index (χ4n) is 3.88. The molecule has 0 saturated carbocycles. The standard InChI is InChI=1S/C20H21N3O4S/c21-19(24)18-12-14-5-1-2-6-16(14)13-22(18)20(25)15-7-3-8-17(11-15)23-9-4-10-28(23,26)27/h1-3,5-8,11,18H,4,9-10,12-13H2,(H2,21,24). The number of carbonyl (C=O) groups is 2. The van der Waals surface area contributed by atoms with Crippen LogP contribution >= 0.6 is 0 Å².